The van der Waals surface area contributed by atoms with Crippen LogP contribution in [0.4, 0.5) is 0 Å². The van der Waals surface area contributed by atoms with Crippen LogP contribution in [0, 0.1) is 6.92 Å². The van der Waals surface area contributed by atoms with Crippen molar-refractivity contribution in [1.82, 2.24) is 5.32 Å². The first-order valence-corrected chi connectivity index (χ1v) is 5.86. The number of aliphatic hydroxyl groups is 1. The van der Waals surface area contributed by atoms with Crippen LogP contribution in [0.5, 0.6) is 0 Å². The summed E-state index contributed by atoms with van der Waals surface area (Å²) in [5.74, 6) is -0.837. The highest BCUT2D eigenvalue weighted by atomic mass is 16.6. The van der Waals surface area contributed by atoms with E-state index in [0.29, 0.717) is 13.2 Å². The minimum absolute atomic E-state index is 0.0289. The minimum atomic E-state index is -0.978. The highest BCUT2D eigenvalue weighted by molar-refractivity contribution is 5.70. The Kier molecular flexibility index (Phi) is 5.77. The van der Waals surface area contributed by atoms with Gasteiger partial charge >= 0.3 is 5.97 Å². The molecule has 5 heteroatoms. The van der Waals surface area contributed by atoms with E-state index in [2.05, 4.69) is 5.32 Å². The van der Waals surface area contributed by atoms with Gasteiger partial charge in [0.05, 0.1) is 6.42 Å². The van der Waals surface area contributed by atoms with Crippen LogP contribution < -0.4 is 5.32 Å². The van der Waals surface area contributed by atoms with Crippen molar-refractivity contribution in [3.8, 4) is 0 Å². The Morgan fingerprint density at radius 1 is 1.50 bits per heavy atom. The van der Waals surface area contributed by atoms with E-state index in [1.165, 1.54) is 0 Å². The molecule has 1 unspecified atom stereocenters. The van der Waals surface area contributed by atoms with Gasteiger partial charge in [-0.3, -0.25) is 10.1 Å². The summed E-state index contributed by atoms with van der Waals surface area (Å²) in [6.07, 6.45) is -0.949. The summed E-state index contributed by atoms with van der Waals surface area (Å²) in [4.78, 5) is 10.6. The van der Waals surface area contributed by atoms with Crippen LogP contribution in [0.2, 0.25) is 0 Å². The molecule has 0 amide bonds. The fourth-order valence-electron chi connectivity index (χ4n) is 1.65. The van der Waals surface area contributed by atoms with E-state index < -0.39 is 12.4 Å². The second-order valence-corrected chi connectivity index (χ2v) is 4.02. The van der Waals surface area contributed by atoms with Gasteiger partial charge in [-0.05, 0) is 30.5 Å². The van der Waals surface area contributed by atoms with E-state index in [9.17, 15) is 9.90 Å². The second-order valence-electron chi connectivity index (χ2n) is 4.02. The molecule has 0 radical (unpaired) electrons. The normalized spacial score (nSPS) is 12.4. The second kappa shape index (κ2) is 7.10. The lowest BCUT2D eigenvalue weighted by Crippen LogP contribution is -2.30. The van der Waals surface area contributed by atoms with E-state index in [4.69, 9.17) is 9.84 Å². The topological polar surface area (TPSA) is 78.8 Å². The fraction of sp³-hybridized carbons (Fsp3) is 0.462. The Bertz CT molecular complexity index is 406. The number of benzene rings is 1. The van der Waals surface area contributed by atoms with Crippen molar-refractivity contribution in [2.24, 2.45) is 0 Å². The van der Waals surface area contributed by atoms with Crippen molar-refractivity contribution in [3.63, 3.8) is 0 Å². The summed E-state index contributed by atoms with van der Waals surface area (Å²) >= 11 is 0. The molecule has 0 aliphatic heterocycles. The first-order chi connectivity index (χ1) is 8.52. The van der Waals surface area contributed by atoms with Gasteiger partial charge in [0, 0.05) is 13.2 Å². The molecule has 18 heavy (non-hydrogen) atoms. The number of nitrogens with one attached hydrogen (secondary N) is 1. The van der Waals surface area contributed by atoms with Crippen molar-refractivity contribution >= 4 is 5.97 Å². The average Bonchev–Trinajstić information content (AvgIpc) is 2.29. The average molecular weight is 253 g/mol. The fourth-order valence-corrected chi connectivity index (χ4v) is 1.65. The highest BCUT2D eigenvalue weighted by Crippen LogP contribution is 2.12. The van der Waals surface area contributed by atoms with Gasteiger partial charge in [-0.25, -0.2) is 0 Å². The van der Waals surface area contributed by atoms with Crippen LogP contribution >= 0.6 is 0 Å². The molecule has 1 rings (SSSR count). The molecule has 0 saturated carbocycles. The number of aliphatic hydroxyl groups excluding tert-OH is 1. The molecule has 0 fully saturated rings. The first kappa shape index (κ1) is 14.6. The van der Waals surface area contributed by atoms with Crippen molar-refractivity contribution in [2.45, 2.75) is 33.2 Å². The van der Waals surface area contributed by atoms with Gasteiger partial charge in [-0.1, -0.05) is 18.2 Å². The van der Waals surface area contributed by atoms with Crippen LogP contribution in [0.25, 0.3) is 0 Å². The van der Waals surface area contributed by atoms with E-state index in [1.54, 1.807) is 13.0 Å². The number of aryl methyl sites for hydroxylation is 1. The molecular weight excluding hydrogens is 234 g/mol. The lowest BCUT2D eigenvalue weighted by molar-refractivity contribution is -0.136. The zero-order chi connectivity index (χ0) is 13.5. The number of hydrogen-bond donors (Lipinski definition) is 3. The van der Waals surface area contributed by atoms with Crippen LogP contribution in [0.1, 0.15) is 23.6 Å². The van der Waals surface area contributed by atoms with Gasteiger partial charge in [-0.15, -0.1) is 0 Å². The minimum Gasteiger partial charge on any atom is -0.481 e. The third-order valence-corrected chi connectivity index (χ3v) is 2.55. The van der Waals surface area contributed by atoms with E-state index in [1.807, 2.05) is 19.1 Å². The zero-order valence-corrected chi connectivity index (χ0v) is 10.6. The molecule has 100 valence electrons. The van der Waals surface area contributed by atoms with E-state index in [0.717, 1.165) is 16.7 Å². The van der Waals surface area contributed by atoms with Crippen molar-refractivity contribution < 1.29 is 19.7 Å². The van der Waals surface area contributed by atoms with Gasteiger partial charge in [0.2, 0.25) is 6.41 Å². The van der Waals surface area contributed by atoms with Crippen molar-refractivity contribution in [2.75, 3.05) is 6.61 Å². The lowest BCUT2D eigenvalue weighted by Gasteiger charge is -2.13. The predicted octanol–water partition coefficient (Wildman–Crippen LogP) is 1.02. The zero-order valence-electron chi connectivity index (χ0n) is 10.6. The summed E-state index contributed by atoms with van der Waals surface area (Å²) in [7, 11) is 0. The molecule has 0 heterocycles. The van der Waals surface area contributed by atoms with E-state index >= 15 is 0 Å². The smallest absolute Gasteiger partial charge is 0.307 e. The number of carboxylic acids is 1. The largest absolute Gasteiger partial charge is 0.481 e. The maximum Gasteiger partial charge on any atom is 0.307 e. The first-order valence-electron chi connectivity index (χ1n) is 5.86. The quantitative estimate of drug-likeness (QED) is 0.632. The number of hydrogen-bond acceptors (Lipinski definition) is 4. The molecule has 0 aliphatic rings. The molecule has 1 atom stereocenters. The van der Waals surface area contributed by atoms with Crippen molar-refractivity contribution in [3.05, 3.63) is 34.9 Å². The van der Waals surface area contributed by atoms with Crippen molar-refractivity contribution in [1.29, 1.82) is 0 Å². The Morgan fingerprint density at radius 3 is 2.78 bits per heavy atom. The van der Waals surface area contributed by atoms with Gasteiger partial charge in [0.1, 0.15) is 0 Å². The van der Waals surface area contributed by atoms with Crippen LogP contribution in [-0.2, 0) is 22.5 Å². The van der Waals surface area contributed by atoms with Gasteiger partial charge in [-0.2, -0.15) is 0 Å². The number of carbonyl (C=O) groups is 1. The third kappa shape index (κ3) is 4.83. The third-order valence-electron chi connectivity index (χ3n) is 2.55. The number of ether oxygens (including phenoxy) is 1. The Morgan fingerprint density at radius 2 is 2.22 bits per heavy atom. The number of carboxylic acid groups (broad SMARTS) is 1. The van der Waals surface area contributed by atoms with Gasteiger partial charge in [0.15, 0.2) is 0 Å². The molecule has 1 aromatic carbocycles. The standard InChI is InChI=1S/C13H19NO4/c1-3-18-13(17)14-8-10-4-5-11(7-12(15)16)9(2)6-10/h4-6,13-14,17H,3,7-8H2,1-2H3,(H,15,16). The molecule has 0 bridgehead atoms. The van der Waals surface area contributed by atoms with Gasteiger partial charge in [0.25, 0.3) is 0 Å². The summed E-state index contributed by atoms with van der Waals surface area (Å²) in [5, 5.41) is 20.9. The maximum absolute atomic E-state index is 10.6. The summed E-state index contributed by atoms with van der Waals surface area (Å²) < 4.78 is 4.94. The number of rotatable bonds is 7. The molecule has 3 N–H and O–H groups in total. The number of aliphatic carboxylic acids is 1. The lowest BCUT2D eigenvalue weighted by atomic mass is 10.0. The highest BCUT2D eigenvalue weighted by Gasteiger charge is 2.06. The Balaban J connectivity index is 2.58. The molecule has 0 spiro atoms. The predicted molar refractivity (Wildman–Crippen MR) is 67.0 cm³/mol. The van der Waals surface area contributed by atoms with Crippen LogP contribution in [0.3, 0.4) is 0 Å². The van der Waals surface area contributed by atoms with Crippen LogP contribution in [-0.4, -0.2) is 29.2 Å². The monoisotopic (exact) mass is 253 g/mol. The molecule has 5 nitrogen and oxygen atoms in total. The van der Waals surface area contributed by atoms with Crippen LogP contribution in [0.15, 0.2) is 18.2 Å². The Hall–Kier alpha value is -1.43. The molecule has 1 aromatic rings. The molecule has 0 saturated heterocycles. The summed E-state index contributed by atoms with van der Waals surface area (Å²) in [6.45, 7) is 4.58. The molecule has 0 aromatic heterocycles. The molecule has 0 aliphatic carbocycles. The van der Waals surface area contributed by atoms with E-state index in [-0.39, 0.29) is 6.42 Å². The Labute approximate surface area is 106 Å². The summed E-state index contributed by atoms with van der Waals surface area (Å²) in [6, 6.07) is 5.55. The SMILES string of the molecule is CCOC(O)NCc1ccc(CC(=O)O)c(C)c1. The summed E-state index contributed by atoms with van der Waals surface area (Å²) in [5.41, 5.74) is 2.71. The maximum atomic E-state index is 10.6. The van der Waals surface area contributed by atoms with Gasteiger partial charge < -0.3 is 14.9 Å². The molecular formula is C13H19NO4.